The summed E-state index contributed by atoms with van der Waals surface area (Å²) in [5, 5.41) is 12.1. The lowest BCUT2D eigenvalue weighted by atomic mass is 10.1. The van der Waals surface area contributed by atoms with E-state index in [2.05, 4.69) is 4.98 Å². The lowest BCUT2D eigenvalue weighted by Gasteiger charge is -1.97. The van der Waals surface area contributed by atoms with Gasteiger partial charge in [0.05, 0.1) is 9.75 Å². The van der Waals surface area contributed by atoms with Crippen molar-refractivity contribution in [3.63, 3.8) is 0 Å². The van der Waals surface area contributed by atoms with Crippen LogP contribution in [0.4, 0.5) is 0 Å². The maximum atomic E-state index is 11.4. The summed E-state index contributed by atoms with van der Waals surface area (Å²) in [6, 6.07) is 11.5. The molecule has 1 N–H and O–H groups in total. The van der Waals surface area contributed by atoms with E-state index in [1.165, 1.54) is 11.3 Å². The first-order valence-electron chi connectivity index (χ1n) is 6.01. The van der Waals surface area contributed by atoms with Crippen molar-refractivity contribution < 1.29 is 9.90 Å². The van der Waals surface area contributed by atoms with Gasteiger partial charge >= 0.3 is 5.97 Å². The third-order valence-electron chi connectivity index (χ3n) is 2.92. The average Bonchev–Trinajstić information content (AvgIpc) is 3.05. The summed E-state index contributed by atoms with van der Waals surface area (Å²) in [7, 11) is 0. The molecule has 0 spiro atoms. The molecular formula is C15H11NO2S2. The second-order valence-corrected chi connectivity index (χ2v) is 6.22. The fraction of sp³-hybridized carbons (Fsp3) is 0.0667. The van der Waals surface area contributed by atoms with E-state index in [1.54, 1.807) is 11.3 Å². The third kappa shape index (κ3) is 2.26. The van der Waals surface area contributed by atoms with E-state index in [0.717, 1.165) is 21.0 Å². The molecule has 2 heterocycles. The number of carboxylic acid groups (broad SMARTS) is 1. The molecule has 0 aliphatic heterocycles. The molecule has 0 atom stereocenters. The van der Waals surface area contributed by atoms with Crippen molar-refractivity contribution in [3.05, 3.63) is 53.0 Å². The number of thiazole rings is 1. The fourth-order valence-electron chi connectivity index (χ4n) is 1.94. The zero-order chi connectivity index (χ0) is 14.1. The minimum atomic E-state index is -0.986. The molecule has 3 aromatic rings. The minimum absolute atomic E-state index is 0.129. The van der Waals surface area contributed by atoms with Gasteiger partial charge in [-0.3, -0.25) is 0 Å². The summed E-state index contributed by atoms with van der Waals surface area (Å²) in [6.07, 6.45) is 0. The van der Waals surface area contributed by atoms with Crippen molar-refractivity contribution in [1.82, 2.24) is 4.98 Å². The lowest BCUT2D eigenvalue weighted by Crippen LogP contribution is -1.98. The van der Waals surface area contributed by atoms with Gasteiger partial charge in [-0.15, -0.1) is 22.7 Å². The molecule has 1 aromatic carbocycles. The SMILES string of the molecule is Cc1ccsc1-c1nc(C(=O)O)c(-c2ccccc2)s1. The lowest BCUT2D eigenvalue weighted by molar-refractivity contribution is 0.0692. The topological polar surface area (TPSA) is 50.2 Å². The van der Waals surface area contributed by atoms with Crippen LogP contribution in [0, 0.1) is 6.92 Å². The van der Waals surface area contributed by atoms with E-state index in [0.29, 0.717) is 4.88 Å². The monoisotopic (exact) mass is 301 g/mol. The Kier molecular flexibility index (Phi) is 3.38. The third-order valence-corrected chi connectivity index (χ3v) is 5.20. The molecule has 0 bridgehead atoms. The van der Waals surface area contributed by atoms with Crippen molar-refractivity contribution in [2.24, 2.45) is 0 Å². The second-order valence-electron chi connectivity index (χ2n) is 4.30. The van der Waals surface area contributed by atoms with Gasteiger partial charge in [0.1, 0.15) is 5.01 Å². The van der Waals surface area contributed by atoms with E-state index in [9.17, 15) is 9.90 Å². The van der Waals surface area contributed by atoms with Crippen LogP contribution in [0.15, 0.2) is 41.8 Å². The largest absolute Gasteiger partial charge is 0.476 e. The highest BCUT2D eigenvalue weighted by molar-refractivity contribution is 7.23. The number of hydrogen-bond donors (Lipinski definition) is 1. The number of hydrogen-bond acceptors (Lipinski definition) is 4. The van der Waals surface area contributed by atoms with Gasteiger partial charge in [0.2, 0.25) is 0 Å². The molecule has 0 saturated carbocycles. The van der Waals surface area contributed by atoms with Crippen molar-refractivity contribution in [2.45, 2.75) is 6.92 Å². The highest BCUT2D eigenvalue weighted by Gasteiger charge is 2.20. The molecule has 100 valence electrons. The minimum Gasteiger partial charge on any atom is -0.476 e. The number of nitrogens with zero attached hydrogens (tertiary/aromatic N) is 1. The van der Waals surface area contributed by atoms with E-state index in [-0.39, 0.29) is 5.69 Å². The molecule has 3 rings (SSSR count). The fourth-order valence-corrected chi connectivity index (χ4v) is 4.08. The molecule has 0 fully saturated rings. The Hall–Kier alpha value is -1.98. The Morgan fingerprint density at radius 2 is 1.90 bits per heavy atom. The van der Waals surface area contributed by atoms with E-state index in [4.69, 9.17) is 0 Å². The molecule has 0 aliphatic rings. The summed E-state index contributed by atoms with van der Waals surface area (Å²) in [5.74, 6) is -0.986. The Bertz CT molecular complexity index is 759. The molecule has 3 nitrogen and oxygen atoms in total. The number of carboxylic acids is 1. The summed E-state index contributed by atoms with van der Waals surface area (Å²) < 4.78 is 0. The van der Waals surface area contributed by atoms with Crippen molar-refractivity contribution in [1.29, 1.82) is 0 Å². The first-order valence-corrected chi connectivity index (χ1v) is 7.70. The van der Waals surface area contributed by atoms with E-state index < -0.39 is 5.97 Å². The number of aromatic carboxylic acids is 1. The maximum absolute atomic E-state index is 11.4. The molecule has 0 saturated heterocycles. The van der Waals surface area contributed by atoms with E-state index in [1.807, 2.05) is 48.7 Å². The van der Waals surface area contributed by atoms with Gasteiger partial charge < -0.3 is 5.11 Å². The quantitative estimate of drug-likeness (QED) is 0.772. The zero-order valence-electron chi connectivity index (χ0n) is 10.7. The van der Waals surface area contributed by atoms with Gasteiger partial charge in [0, 0.05) is 0 Å². The maximum Gasteiger partial charge on any atom is 0.356 e. The number of aromatic nitrogens is 1. The van der Waals surface area contributed by atoms with Crippen LogP contribution in [0.5, 0.6) is 0 Å². The van der Waals surface area contributed by atoms with E-state index >= 15 is 0 Å². The first kappa shape index (κ1) is 13.0. The van der Waals surface area contributed by atoms with Crippen molar-refractivity contribution in [2.75, 3.05) is 0 Å². The van der Waals surface area contributed by atoms with Crippen LogP contribution >= 0.6 is 22.7 Å². The van der Waals surface area contributed by atoms with Gasteiger partial charge in [0.15, 0.2) is 5.69 Å². The number of benzene rings is 1. The number of thiophene rings is 1. The summed E-state index contributed by atoms with van der Waals surface area (Å²) in [6.45, 7) is 2.01. The molecule has 2 aromatic heterocycles. The molecule has 0 aliphatic carbocycles. The highest BCUT2D eigenvalue weighted by atomic mass is 32.1. The van der Waals surface area contributed by atoms with Gasteiger partial charge in [-0.1, -0.05) is 30.3 Å². The van der Waals surface area contributed by atoms with Crippen molar-refractivity contribution >= 4 is 28.6 Å². The summed E-state index contributed by atoms with van der Waals surface area (Å²) in [4.78, 5) is 17.5. The van der Waals surface area contributed by atoms with Crippen molar-refractivity contribution in [3.8, 4) is 20.3 Å². The van der Waals surface area contributed by atoms with Crippen LogP contribution in [0.25, 0.3) is 20.3 Å². The zero-order valence-corrected chi connectivity index (χ0v) is 12.3. The summed E-state index contributed by atoms with van der Waals surface area (Å²) in [5.41, 5.74) is 2.15. The average molecular weight is 301 g/mol. The van der Waals surface area contributed by atoms with Gasteiger partial charge in [0.25, 0.3) is 0 Å². The number of rotatable bonds is 3. The van der Waals surface area contributed by atoms with Crippen LogP contribution < -0.4 is 0 Å². The molecule has 0 radical (unpaired) electrons. The molecule has 20 heavy (non-hydrogen) atoms. The first-order chi connectivity index (χ1) is 9.66. The van der Waals surface area contributed by atoms with Gasteiger partial charge in [-0.05, 0) is 29.5 Å². The molecular weight excluding hydrogens is 290 g/mol. The Balaban J connectivity index is 2.18. The van der Waals surface area contributed by atoms with Crippen LogP contribution in [-0.4, -0.2) is 16.1 Å². The number of carbonyl (C=O) groups is 1. The van der Waals surface area contributed by atoms with Crippen LogP contribution in [-0.2, 0) is 0 Å². The molecule has 0 unspecified atom stereocenters. The molecule has 5 heteroatoms. The second kappa shape index (κ2) is 5.19. The Morgan fingerprint density at radius 3 is 2.50 bits per heavy atom. The van der Waals surface area contributed by atoms with Crippen LogP contribution in [0.2, 0.25) is 0 Å². The van der Waals surface area contributed by atoms with Crippen LogP contribution in [0.3, 0.4) is 0 Å². The normalized spacial score (nSPS) is 10.7. The summed E-state index contributed by atoms with van der Waals surface area (Å²) >= 11 is 3.02. The Morgan fingerprint density at radius 1 is 1.15 bits per heavy atom. The van der Waals surface area contributed by atoms with Gasteiger partial charge in [-0.25, -0.2) is 9.78 Å². The van der Waals surface area contributed by atoms with Gasteiger partial charge in [-0.2, -0.15) is 0 Å². The highest BCUT2D eigenvalue weighted by Crippen LogP contribution is 2.38. The standard InChI is InChI=1S/C15H11NO2S2/c1-9-7-8-19-12(9)14-16-11(15(17)18)13(20-14)10-5-3-2-4-6-10/h2-8H,1H3,(H,17,18). The smallest absolute Gasteiger partial charge is 0.356 e. The number of aryl methyl sites for hydroxylation is 1. The predicted octanol–water partition coefficient (Wildman–Crippen LogP) is 4.55. The van der Waals surface area contributed by atoms with Crippen LogP contribution in [0.1, 0.15) is 16.1 Å². The molecule has 0 amide bonds. The Labute approximate surface area is 124 Å². The predicted molar refractivity (Wildman–Crippen MR) is 82.6 cm³/mol.